The zero-order chi connectivity index (χ0) is 17.3. The molecule has 1 amide bonds. The third-order valence-electron chi connectivity index (χ3n) is 3.48. The Balaban J connectivity index is 3.03. The predicted molar refractivity (Wildman–Crippen MR) is 59.9 cm³/mol. The Labute approximate surface area is 121 Å². The maximum absolute atomic E-state index is 12.6. The third-order valence-corrected chi connectivity index (χ3v) is 3.48. The lowest BCUT2D eigenvalue weighted by Crippen LogP contribution is -2.64. The summed E-state index contributed by atoms with van der Waals surface area (Å²) in [5.41, 5.74) is 0. The summed E-state index contributed by atoms with van der Waals surface area (Å²) in [5.74, 6) is -5.32. The minimum absolute atomic E-state index is 0.0139. The Morgan fingerprint density at radius 1 is 1.00 bits per heavy atom. The lowest BCUT2D eigenvalue weighted by molar-refractivity contribution is -1.03. The molecule has 0 atom stereocenters. The molecule has 0 aromatic heterocycles. The minimum atomic E-state index is -5.48. The van der Waals surface area contributed by atoms with Crippen molar-refractivity contribution in [2.45, 2.75) is 31.2 Å². The van der Waals surface area contributed by atoms with Crippen LogP contribution < -0.4 is 0 Å². The number of nitrogens with zero attached hydrogens (tertiary/aromatic N) is 2. The fourth-order valence-electron chi connectivity index (χ4n) is 2.27. The number of piperidine rings is 1. The van der Waals surface area contributed by atoms with Crippen molar-refractivity contribution in [2.75, 3.05) is 27.2 Å². The van der Waals surface area contributed by atoms with Gasteiger partial charge in [-0.05, 0) is 14.1 Å². The van der Waals surface area contributed by atoms with E-state index in [9.17, 15) is 35.9 Å². The van der Waals surface area contributed by atoms with Crippen molar-refractivity contribution in [3.05, 3.63) is 0 Å². The van der Waals surface area contributed by atoms with Crippen molar-refractivity contribution in [3.63, 3.8) is 0 Å². The van der Waals surface area contributed by atoms with E-state index in [0.29, 0.717) is 0 Å². The predicted octanol–water partition coefficient (Wildman–Crippen LogP) is 1.64. The Morgan fingerprint density at radius 2 is 1.45 bits per heavy atom. The highest BCUT2D eigenvalue weighted by Gasteiger charge is 2.61. The number of hydroxylamine groups is 3. The number of amides is 1. The molecule has 0 aromatic rings. The molecular weight excluding hydrogens is 322 g/mol. The number of likely N-dealkylation sites (tertiary alicyclic amines) is 1. The minimum Gasteiger partial charge on any atom is -0.306 e. The number of carbonyl (C=O) groups is 2. The fourth-order valence-corrected chi connectivity index (χ4v) is 2.27. The average molecular weight is 337 g/mol. The van der Waals surface area contributed by atoms with Crippen LogP contribution in [-0.4, -0.2) is 67.0 Å². The van der Waals surface area contributed by atoms with Gasteiger partial charge in [-0.25, -0.2) is 9.59 Å². The number of quaternary nitrogens is 1. The van der Waals surface area contributed by atoms with Gasteiger partial charge in [0.1, 0.15) is 13.1 Å². The normalized spacial score (nSPS) is 26.9. The van der Waals surface area contributed by atoms with Gasteiger partial charge in [0.25, 0.3) is 0 Å². The van der Waals surface area contributed by atoms with Crippen molar-refractivity contribution in [3.8, 4) is 0 Å². The van der Waals surface area contributed by atoms with Crippen LogP contribution in [0.25, 0.3) is 0 Å². The van der Waals surface area contributed by atoms with Crippen LogP contribution in [0.3, 0.4) is 0 Å². The van der Waals surface area contributed by atoms with E-state index < -0.39 is 42.0 Å². The van der Waals surface area contributed by atoms with E-state index in [1.807, 2.05) is 0 Å². The van der Waals surface area contributed by atoms with Gasteiger partial charge in [-0.3, -0.25) is 4.84 Å². The van der Waals surface area contributed by atoms with E-state index in [4.69, 9.17) is 0 Å². The molecule has 1 aliphatic rings. The molecule has 22 heavy (non-hydrogen) atoms. The molecule has 5 nitrogen and oxygen atoms in total. The van der Waals surface area contributed by atoms with Crippen LogP contribution in [0.1, 0.15) is 12.8 Å². The zero-order valence-electron chi connectivity index (χ0n) is 11.8. The molecule has 1 rings (SSSR count). The van der Waals surface area contributed by atoms with Gasteiger partial charge in [0, 0.05) is 18.9 Å². The fraction of sp³-hybridized carbons (Fsp3) is 0.818. The largest absolute Gasteiger partial charge is 0.513 e. The number of halogens is 6. The van der Waals surface area contributed by atoms with E-state index in [-0.39, 0.29) is 18.9 Å². The van der Waals surface area contributed by atoms with Crippen LogP contribution in [0.4, 0.5) is 26.3 Å². The first-order chi connectivity index (χ1) is 9.79. The molecule has 0 bridgehead atoms. The monoisotopic (exact) mass is 337 g/mol. The second-order valence-corrected chi connectivity index (χ2v) is 5.21. The summed E-state index contributed by atoms with van der Waals surface area (Å²) < 4.78 is 72.7. The van der Waals surface area contributed by atoms with E-state index in [1.165, 1.54) is 0 Å². The first-order valence-corrected chi connectivity index (χ1v) is 6.25. The zero-order valence-corrected chi connectivity index (χ0v) is 11.8. The van der Waals surface area contributed by atoms with Crippen molar-refractivity contribution < 1.29 is 45.4 Å². The third kappa shape index (κ3) is 4.09. The number of rotatable bonds is 1. The summed E-state index contributed by atoms with van der Waals surface area (Å²) >= 11 is 0. The van der Waals surface area contributed by atoms with Crippen LogP contribution in [0.15, 0.2) is 0 Å². The second kappa shape index (κ2) is 6.03. The molecule has 0 spiro atoms. The highest BCUT2D eigenvalue weighted by molar-refractivity contribution is 5.78. The molecule has 0 radical (unpaired) electrons. The molecule has 1 heterocycles. The van der Waals surface area contributed by atoms with E-state index in [1.54, 1.807) is 19.0 Å². The molecular formula is C11H15F6N2O3+. The maximum Gasteiger partial charge on any atom is 0.513 e. The number of hydrogen-bond acceptors (Lipinski definition) is 4. The molecule has 0 aromatic carbocycles. The van der Waals surface area contributed by atoms with Crippen molar-refractivity contribution >= 4 is 11.9 Å². The quantitative estimate of drug-likeness (QED) is 0.539. The Bertz CT molecular complexity index is 438. The Morgan fingerprint density at radius 3 is 1.77 bits per heavy atom. The molecule has 0 N–H and O–H groups in total. The van der Waals surface area contributed by atoms with E-state index >= 15 is 0 Å². The van der Waals surface area contributed by atoms with Gasteiger partial charge in [0.05, 0.1) is 0 Å². The molecule has 1 fully saturated rings. The van der Waals surface area contributed by atoms with Crippen molar-refractivity contribution in [1.29, 1.82) is 0 Å². The molecule has 0 saturated carbocycles. The second-order valence-electron chi connectivity index (χ2n) is 5.21. The first kappa shape index (κ1) is 18.7. The highest BCUT2D eigenvalue weighted by Crippen LogP contribution is 2.32. The van der Waals surface area contributed by atoms with Gasteiger partial charge in [0.15, 0.2) is 0 Å². The van der Waals surface area contributed by atoms with E-state index in [2.05, 4.69) is 4.84 Å². The lowest BCUT2D eigenvalue weighted by atomic mass is 10.0. The van der Waals surface area contributed by atoms with Crippen LogP contribution in [0, 0.1) is 0 Å². The smallest absolute Gasteiger partial charge is 0.306 e. The van der Waals surface area contributed by atoms with Gasteiger partial charge in [-0.15, -0.1) is 0 Å². The van der Waals surface area contributed by atoms with Gasteiger partial charge in [-0.1, -0.05) is 4.65 Å². The van der Waals surface area contributed by atoms with Gasteiger partial charge < -0.3 is 4.90 Å². The molecule has 11 heteroatoms. The van der Waals surface area contributed by atoms with Gasteiger partial charge >= 0.3 is 24.2 Å². The van der Waals surface area contributed by atoms with Crippen LogP contribution >= 0.6 is 0 Å². The van der Waals surface area contributed by atoms with Crippen molar-refractivity contribution in [1.82, 2.24) is 4.90 Å². The van der Waals surface area contributed by atoms with Gasteiger partial charge in [0.2, 0.25) is 0 Å². The SMILES string of the molecule is CN(C)C1CC[N+](OC(=O)C(F)(F)F)(C(=O)C(F)(F)F)CC1. The first-order valence-electron chi connectivity index (χ1n) is 6.25. The van der Waals surface area contributed by atoms with Crippen LogP contribution in [0.2, 0.25) is 0 Å². The summed E-state index contributed by atoms with van der Waals surface area (Å²) in [6.07, 6.45) is -10.9. The molecule has 1 saturated heterocycles. The lowest BCUT2D eigenvalue weighted by Gasteiger charge is -2.39. The number of alkyl halides is 6. The summed E-state index contributed by atoms with van der Waals surface area (Å²) in [4.78, 5) is 28.0. The molecule has 0 unspecified atom stereocenters. The molecule has 128 valence electrons. The standard InChI is InChI=1S/C11H15F6N2O3/c1-18(2)7-3-5-19(6-4-7,8(20)10(12,13)14)22-9(21)11(15,16)17/h7H,3-6H2,1-2H3/q+1. The van der Waals surface area contributed by atoms with Gasteiger partial charge in [-0.2, -0.15) is 26.3 Å². The maximum atomic E-state index is 12.6. The topological polar surface area (TPSA) is 46.6 Å². The Hall–Kier alpha value is -1.36. The average Bonchev–Trinajstić information content (AvgIpc) is 2.36. The summed E-state index contributed by atoms with van der Waals surface area (Å²) in [6, 6.07) is -0.211. The Kier molecular flexibility index (Phi) is 5.12. The number of hydrogen-bond donors (Lipinski definition) is 0. The number of carbonyl (C=O) groups excluding carboxylic acids is 2. The van der Waals surface area contributed by atoms with Crippen LogP contribution in [0.5, 0.6) is 0 Å². The van der Waals surface area contributed by atoms with Crippen LogP contribution in [-0.2, 0) is 14.4 Å². The summed E-state index contributed by atoms with van der Waals surface area (Å²) in [7, 11) is 3.30. The molecule has 1 aliphatic heterocycles. The summed E-state index contributed by atoms with van der Waals surface area (Å²) in [6.45, 7) is -1.33. The molecule has 0 aliphatic carbocycles. The highest BCUT2D eigenvalue weighted by atomic mass is 19.4. The summed E-state index contributed by atoms with van der Waals surface area (Å²) in [5, 5.41) is 0. The van der Waals surface area contributed by atoms with Crippen molar-refractivity contribution in [2.24, 2.45) is 0 Å². The van der Waals surface area contributed by atoms with E-state index in [0.717, 1.165) is 0 Å².